The van der Waals surface area contributed by atoms with Gasteiger partial charge in [-0.1, -0.05) is 32.9 Å². The van der Waals surface area contributed by atoms with Crippen molar-refractivity contribution in [3.05, 3.63) is 40.7 Å². The number of nitrogens with zero attached hydrogens (tertiary/aromatic N) is 2. The van der Waals surface area contributed by atoms with Gasteiger partial charge in [-0.2, -0.15) is 5.10 Å². The maximum Gasteiger partial charge on any atom is 0.417 e. The van der Waals surface area contributed by atoms with Crippen LogP contribution >= 0.6 is 0 Å². The quantitative estimate of drug-likeness (QED) is 0.887. The second kappa shape index (κ2) is 5.65. The maximum atomic E-state index is 12.4. The molecule has 5 nitrogen and oxygen atoms in total. The molecule has 0 saturated carbocycles. The molecule has 1 N–H and O–H groups in total. The summed E-state index contributed by atoms with van der Waals surface area (Å²) in [4.78, 5) is 12.4. The molecule has 24 heavy (non-hydrogen) atoms. The van der Waals surface area contributed by atoms with E-state index in [4.69, 9.17) is 4.74 Å². The average molecular weight is 327 g/mol. The Bertz CT molecular complexity index is 805. The number of fused-ring (bicyclic) bond motifs is 1. The molecule has 1 aromatic carbocycles. The first-order valence-corrected chi connectivity index (χ1v) is 8.33. The summed E-state index contributed by atoms with van der Waals surface area (Å²) in [5.41, 5.74) is 5.04. The van der Waals surface area contributed by atoms with Gasteiger partial charge in [0.15, 0.2) is 5.75 Å². The molecule has 0 radical (unpaired) electrons. The van der Waals surface area contributed by atoms with E-state index < -0.39 is 6.09 Å². The number of rotatable bonds is 2. The van der Waals surface area contributed by atoms with E-state index in [1.54, 1.807) is 4.68 Å². The van der Waals surface area contributed by atoms with Gasteiger partial charge in [-0.15, -0.1) is 0 Å². The zero-order valence-corrected chi connectivity index (χ0v) is 15.2. The molecule has 3 rings (SSSR count). The highest BCUT2D eigenvalue weighted by atomic mass is 16.6. The molecule has 5 heteroatoms. The average Bonchev–Trinajstić information content (AvgIpc) is 2.87. The number of aromatic nitrogens is 2. The standard InChI is InChI=1S/C19H25N3O2/c1-11-10-19(4,5)14-8-7-9-15(16(11)14)20-18(23)24-17-12(2)21-22(6)13(17)3/h7-9,11H,10H2,1-6H3,(H,20,23). The fourth-order valence-corrected chi connectivity index (χ4v) is 3.90. The Kier molecular flexibility index (Phi) is 3.90. The van der Waals surface area contributed by atoms with Crippen LogP contribution in [0.1, 0.15) is 55.6 Å². The van der Waals surface area contributed by atoms with Gasteiger partial charge in [-0.05, 0) is 48.8 Å². The number of benzene rings is 1. The lowest BCUT2D eigenvalue weighted by Crippen LogP contribution is -2.19. The van der Waals surface area contributed by atoms with E-state index in [0.29, 0.717) is 17.4 Å². The molecule has 1 heterocycles. The molecule has 1 atom stereocenters. The van der Waals surface area contributed by atoms with Crippen molar-refractivity contribution in [2.24, 2.45) is 7.05 Å². The van der Waals surface area contributed by atoms with Crippen LogP contribution in [0.4, 0.5) is 10.5 Å². The van der Waals surface area contributed by atoms with Gasteiger partial charge >= 0.3 is 6.09 Å². The van der Waals surface area contributed by atoms with E-state index in [1.165, 1.54) is 11.1 Å². The van der Waals surface area contributed by atoms with Gasteiger partial charge in [-0.25, -0.2) is 4.79 Å². The minimum absolute atomic E-state index is 0.132. The first-order chi connectivity index (χ1) is 11.2. The Morgan fingerprint density at radius 2 is 2.08 bits per heavy atom. The van der Waals surface area contributed by atoms with Crippen molar-refractivity contribution < 1.29 is 9.53 Å². The van der Waals surface area contributed by atoms with Crippen LogP contribution in [0.25, 0.3) is 0 Å². The topological polar surface area (TPSA) is 56.2 Å². The van der Waals surface area contributed by atoms with Gasteiger partial charge in [0.25, 0.3) is 0 Å². The SMILES string of the molecule is Cc1nn(C)c(C)c1OC(=O)Nc1cccc2c1C(C)CC2(C)C. The number of aryl methyl sites for hydroxylation is 2. The van der Waals surface area contributed by atoms with Crippen molar-refractivity contribution in [1.29, 1.82) is 0 Å². The van der Waals surface area contributed by atoms with Crippen molar-refractivity contribution in [2.45, 2.75) is 52.4 Å². The number of hydrogen-bond donors (Lipinski definition) is 1. The summed E-state index contributed by atoms with van der Waals surface area (Å²) in [6.45, 7) is 10.4. The van der Waals surface area contributed by atoms with Gasteiger partial charge in [0.2, 0.25) is 0 Å². The number of carbonyl (C=O) groups excluding carboxylic acids is 1. The van der Waals surface area contributed by atoms with Crippen LogP contribution in [0.15, 0.2) is 18.2 Å². The van der Waals surface area contributed by atoms with Crippen molar-refractivity contribution >= 4 is 11.8 Å². The molecule has 0 aliphatic heterocycles. The lowest BCUT2D eigenvalue weighted by Gasteiger charge is -2.19. The number of ether oxygens (including phenoxy) is 1. The van der Waals surface area contributed by atoms with Crippen LogP contribution < -0.4 is 10.1 Å². The van der Waals surface area contributed by atoms with Crippen molar-refractivity contribution in [2.75, 3.05) is 5.32 Å². The van der Waals surface area contributed by atoms with Crippen LogP contribution in [-0.4, -0.2) is 15.9 Å². The van der Waals surface area contributed by atoms with Crippen molar-refractivity contribution in [3.63, 3.8) is 0 Å². The number of hydrogen-bond acceptors (Lipinski definition) is 3. The Morgan fingerprint density at radius 1 is 1.38 bits per heavy atom. The zero-order chi connectivity index (χ0) is 17.6. The molecule has 0 fully saturated rings. The van der Waals surface area contributed by atoms with Crippen LogP contribution in [-0.2, 0) is 12.5 Å². The first kappa shape index (κ1) is 16.6. The lowest BCUT2D eigenvalue weighted by molar-refractivity contribution is 0.214. The lowest BCUT2D eigenvalue weighted by atomic mass is 9.86. The molecule has 2 aromatic rings. The predicted octanol–water partition coefficient (Wildman–Crippen LogP) is 4.43. The second-order valence-corrected chi connectivity index (χ2v) is 7.39. The predicted molar refractivity (Wildman–Crippen MR) is 94.8 cm³/mol. The van der Waals surface area contributed by atoms with E-state index in [-0.39, 0.29) is 5.41 Å². The summed E-state index contributed by atoms with van der Waals surface area (Å²) in [6, 6.07) is 6.10. The van der Waals surface area contributed by atoms with Crippen LogP contribution in [0.3, 0.4) is 0 Å². The second-order valence-electron chi connectivity index (χ2n) is 7.39. The minimum Gasteiger partial charge on any atom is -0.406 e. The highest BCUT2D eigenvalue weighted by Gasteiger charge is 2.36. The van der Waals surface area contributed by atoms with Gasteiger partial charge in [0, 0.05) is 12.7 Å². The molecular formula is C19H25N3O2. The van der Waals surface area contributed by atoms with Crippen LogP contribution in [0, 0.1) is 13.8 Å². The number of anilines is 1. The Hall–Kier alpha value is -2.30. The van der Waals surface area contributed by atoms with Gasteiger partial charge in [0.1, 0.15) is 5.69 Å². The molecule has 1 unspecified atom stereocenters. The highest BCUT2D eigenvalue weighted by Crippen LogP contribution is 2.48. The summed E-state index contributed by atoms with van der Waals surface area (Å²) < 4.78 is 7.23. The van der Waals surface area contributed by atoms with E-state index in [1.807, 2.05) is 33.0 Å². The summed E-state index contributed by atoms with van der Waals surface area (Å²) in [6.07, 6.45) is 0.608. The highest BCUT2D eigenvalue weighted by molar-refractivity contribution is 5.88. The Labute approximate surface area is 143 Å². The Balaban J connectivity index is 1.85. The van der Waals surface area contributed by atoms with E-state index in [2.05, 4.69) is 37.3 Å². The number of nitrogens with one attached hydrogen (secondary N) is 1. The molecule has 1 aliphatic rings. The summed E-state index contributed by atoms with van der Waals surface area (Å²) in [5.74, 6) is 0.935. The van der Waals surface area contributed by atoms with Gasteiger partial charge in [-0.3, -0.25) is 10.00 Å². The maximum absolute atomic E-state index is 12.4. The molecule has 1 amide bonds. The fourth-order valence-electron chi connectivity index (χ4n) is 3.90. The van der Waals surface area contributed by atoms with E-state index in [9.17, 15) is 4.79 Å². The van der Waals surface area contributed by atoms with Crippen LogP contribution in [0.2, 0.25) is 0 Å². The normalized spacial score (nSPS) is 18.3. The van der Waals surface area contributed by atoms with Gasteiger partial charge in [0.05, 0.1) is 5.69 Å². The molecule has 128 valence electrons. The van der Waals surface area contributed by atoms with E-state index in [0.717, 1.165) is 17.8 Å². The van der Waals surface area contributed by atoms with E-state index >= 15 is 0 Å². The monoisotopic (exact) mass is 327 g/mol. The van der Waals surface area contributed by atoms with Crippen LogP contribution in [0.5, 0.6) is 5.75 Å². The number of amides is 1. The molecule has 1 aromatic heterocycles. The third-order valence-corrected chi connectivity index (χ3v) is 5.02. The fraction of sp³-hybridized carbons (Fsp3) is 0.474. The molecule has 0 spiro atoms. The zero-order valence-electron chi connectivity index (χ0n) is 15.2. The summed E-state index contributed by atoms with van der Waals surface area (Å²) in [7, 11) is 1.83. The summed E-state index contributed by atoms with van der Waals surface area (Å²) >= 11 is 0. The molecule has 0 bridgehead atoms. The molecular weight excluding hydrogens is 302 g/mol. The van der Waals surface area contributed by atoms with Crippen molar-refractivity contribution in [3.8, 4) is 5.75 Å². The van der Waals surface area contributed by atoms with Crippen molar-refractivity contribution in [1.82, 2.24) is 9.78 Å². The number of carbonyl (C=O) groups is 1. The smallest absolute Gasteiger partial charge is 0.406 e. The third kappa shape index (κ3) is 2.68. The Morgan fingerprint density at radius 3 is 2.71 bits per heavy atom. The largest absolute Gasteiger partial charge is 0.417 e. The van der Waals surface area contributed by atoms with Gasteiger partial charge < -0.3 is 4.74 Å². The third-order valence-electron chi connectivity index (χ3n) is 5.02. The molecule has 0 saturated heterocycles. The first-order valence-electron chi connectivity index (χ1n) is 8.33. The minimum atomic E-state index is -0.473. The molecule has 1 aliphatic carbocycles. The summed E-state index contributed by atoms with van der Waals surface area (Å²) in [5, 5.41) is 7.20.